The van der Waals surface area contributed by atoms with Gasteiger partial charge in [-0.05, 0) is 137 Å². The number of aromatic hydroxyl groups is 2. The molecule has 14 atom stereocenters. The summed E-state index contributed by atoms with van der Waals surface area (Å²) in [6, 6.07) is 8.43. The normalized spacial score (nSPS) is 41.4. The summed E-state index contributed by atoms with van der Waals surface area (Å²) in [4.78, 5) is 5.47. The van der Waals surface area contributed by atoms with E-state index >= 15 is 0 Å². The van der Waals surface area contributed by atoms with E-state index < -0.39 is 33.7 Å². The molecule has 8 bridgehead atoms. The van der Waals surface area contributed by atoms with Crippen LogP contribution in [0.4, 0.5) is 0 Å². The van der Waals surface area contributed by atoms with E-state index in [0.29, 0.717) is 23.6 Å². The summed E-state index contributed by atoms with van der Waals surface area (Å²) < 4.78 is 13.4. The molecule has 71 heavy (non-hydrogen) atoms. The van der Waals surface area contributed by atoms with Crippen molar-refractivity contribution >= 4 is 17.4 Å². The zero-order valence-electron chi connectivity index (χ0n) is 43.2. The van der Waals surface area contributed by atoms with Gasteiger partial charge in [0.25, 0.3) is 0 Å². The van der Waals surface area contributed by atoms with Crippen LogP contribution < -0.4 is 28.3 Å². The molecule has 0 amide bonds. The van der Waals surface area contributed by atoms with E-state index in [4.69, 9.17) is 9.47 Å². The maximum atomic E-state index is 12.4. The van der Waals surface area contributed by atoms with E-state index in [1.165, 1.54) is 42.4 Å². The maximum Gasteiger partial charge on any atom is 1.00 e. The van der Waals surface area contributed by atoms with E-state index in [1.807, 2.05) is 19.9 Å². The molecule has 2 aromatic rings. The van der Waals surface area contributed by atoms with Gasteiger partial charge in [0.15, 0.2) is 40.4 Å². The molecule has 0 radical (unpaired) electrons. The van der Waals surface area contributed by atoms with Gasteiger partial charge in [0.2, 0.25) is 0 Å². The predicted octanol–water partition coefficient (Wildman–Crippen LogP) is 4.52. The van der Waals surface area contributed by atoms with Crippen LogP contribution in [-0.4, -0.2) is 132 Å². The van der Waals surface area contributed by atoms with Crippen molar-refractivity contribution in [3.8, 4) is 23.0 Å². The summed E-state index contributed by atoms with van der Waals surface area (Å²) >= 11 is 0. The number of nitrogens with zero attached hydrogens (tertiary/aromatic N) is 2. The summed E-state index contributed by atoms with van der Waals surface area (Å²) in [7, 11) is 0. The average molecular weight is 987 g/mol. The van der Waals surface area contributed by atoms with Crippen LogP contribution in [0.2, 0.25) is 0 Å². The topological polar surface area (TPSA) is 146 Å². The number of benzene rings is 2. The average Bonchev–Trinajstić information content (AvgIpc) is 4.20. The Balaban J connectivity index is 0.000000180. The zero-order valence-corrected chi connectivity index (χ0v) is 42.2. The van der Waals surface area contributed by atoms with Crippen molar-refractivity contribution in [2.75, 3.05) is 32.8 Å². The van der Waals surface area contributed by atoms with Crippen molar-refractivity contribution in [3.05, 3.63) is 70.8 Å². The van der Waals surface area contributed by atoms with Gasteiger partial charge in [-0.1, -0.05) is 92.8 Å². The van der Waals surface area contributed by atoms with Crippen molar-refractivity contribution < 1.29 is 60.4 Å². The molecule has 14 aliphatic rings. The first kappa shape index (κ1) is 53.8. The van der Waals surface area contributed by atoms with Gasteiger partial charge in [-0.15, -0.1) is 0 Å². The van der Waals surface area contributed by atoms with Crippen molar-refractivity contribution in [1.29, 1.82) is 0 Å². The fourth-order valence-corrected chi connectivity index (χ4v) is 17.7. The van der Waals surface area contributed by atoms with Gasteiger partial charge >= 0.3 is 18.9 Å². The Kier molecular flexibility index (Phi) is 12.3. The minimum absolute atomic E-state index is 0. The largest absolute Gasteiger partial charge is 1.00 e. The SMILES string of the molecule is C.C.CC(C)(C)[C@@](C)(O)[C@H]1C[C@@]23C=C[C@]1(CO)[C@@H]1Oc4c(O)ccc5c4[C@@]12CCN(CC1CC1)[C@@H]3C5.CC(C)(C)[C@@](C)(O)[C@H]1C[C@@]23C=C[C@]1(O)[C@@H]1Oc4c(O)ccc5c4[C@@]12CCN(CC1CC1)[C@@H]3C5.[AlH3].[H-].[Li+]. The van der Waals surface area contributed by atoms with E-state index in [2.05, 4.69) is 81.7 Å². The second-order valence-corrected chi connectivity index (χ2v) is 26.9. The monoisotopic (exact) mass is 987 g/mol. The minimum atomic E-state index is -1.29. The number of fused-ring (bicyclic) bond motifs is 2. The molecule has 4 heterocycles. The first-order valence-electron chi connectivity index (χ1n) is 26.2. The number of phenolic OH excluding ortho intramolecular Hbond substituents is 2. The predicted molar refractivity (Wildman–Crippen MR) is 280 cm³/mol. The number of rotatable bonds is 7. The van der Waals surface area contributed by atoms with Gasteiger partial charge in [0.05, 0.1) is 28.6 Å². The number of hydrogen-bond donors (Lipinski definition) is 6. The van der Waals surface area contributed by atoms with Crippen LogP contribution in [0.15, 0.2) is 48.6 Å². The van der Waals surface area contributed by atoms with Crippen LogP contribution in [0.25, 0.3) is 0 Å². The van der Waals surface area contributed by atoms with E-state index in [-0.39, 0.29) is 116 Å². The third kappa shape index (κ3) is 6.29. The van der Waals surface area contributed by atoms with Crippen molar-refractivity contribution in [2.24, 2.45) is 50.7 Å². The molecule has 386 valence electrons. The number of piperidine rings is 2. The summed E-state index contributed by atoms with van der Waals surface area (Å²) in [5.41, 5.74) is -0.911. The fraction of sp³-hybridized carbons (Fsp3) is 0.729. The van der Waals surface area contributed by atoms with Crippen molar-refractivity contribution in [1.82, 2.24) is 9.80 Å². The molecule has 10 nitrogen and oxygen atoms in total. The molecular weight excluding hydrogens is 899 g/mol. The number of ether oxygens (including phenoxy) is 2. The fourth-order valence-electron chi connectivity index (χ4n) is 17.7. The molecule has 0 aromatic heterocycles. The Hall–Kier alpha value is -1.99. The summed E-state index contributed by atoms with van der Waals surface area (Å²) in [6.07, 6.45) is 18.9. The molecule has 6 N–H and O–H groups in total. The van der Waals surface area contributed by atoms with Gasteiger partial charge < -0.3 is 41.5 Å². The number of likely N-dealkylation sites (tertiary alicyclic amines) is 2. The zero-order chi connectivity index (χ0) is 47.1. The van der Waals surface area contributed by atoms with Gasteiger partial charge in [0.1, 0.15) is 17.8 Å². The smallest absolute Gasteiger partial charge is 1.00 e. The maximum absolute atomic E-state index is 12.4. The third-order valence-corrected chi connectivity index (χ3v) is 22.4. The number of aliphatic hydroxyl groups excluding tert-OH is 1. The second kappa shape index (κ2) is 16.3. The molecule has 6 fully saturated rings. The van der Waals surface area contributed by atoms with Gasteiger partial charge in [-0.3, -0.25) is 9.80 Å². The summed E-state index contributed by atoms with van der Waals surface area (Å²) in [6.45, 7) is 20.6. The van der Waals surface area contributed by atoms with Gasteiger partial charge in [-0.25, -0.2) is 0 Å². The third-order valence-electron chi connectivity index (χ3n) is 22.4. The Labute approximate surface area is 448 Å². The molecule has 12 heteroatoms. The van der Waals surface area contributed by atoms with Crippen LogP contribution in [0.5, 0.6) is 23.0 Å². The Morgan fingerprint density at radius 2 is 1.06 bits per heavy atom. The molecular formula is C59H88AlLiN2O8. The number of aliphatic hydroxyl groups is 4. The van der Waals surface area contributed by atoms with Crippen LogP contribution in [-0.2, 0) is 23.7 Å². The Morgan fingerprint density at radius 3 is 1.51 bits per heavy atom. The van der Waals surface area contributed by atoms with Crippen LogP contribution in [0.3, 0.4) is 0 Å². The number of hydrogen-bond acceptors (Lipinski definition) is 10. The summed E-state index contributed by atoms with van der Waals surface area (Å²) in [5.74, 6) is 2.73. The minimum Gasteiger partial charge on any atom is -1.00 e. The van der Waals surface area contributed by atoms with E-state index in [0.717, 1.165) is 82.1 Å². The van der Waals surface area contributed by atoms with Crippen LogP contribution in [0.1, 0.15) is 145 Å². The molecule has 2 saturated heterocycles. The van der Waals surface area contributed by atoms with Gasteiger partial charge in [-0.2, -0.15) is 0 Å². The molecule has 4 spiro atoms. The van der Waals surface area contributed by atoms with Crippen molar-refractivity contribution in [2.45, 2.75) is 186 Å². The quantitative estimate of drug-likeness (QED) is 0.173. The second-order valence-electron chi connectivity index (χ2n) is 26.9. The summed E-state index contributed by atoms with van der Waals surface area (Å²) in [5, 5.41) is 69.3. The van der Waals surface area contributed by atoms with E-state index in [9.17, 15) is 30.6 Å². The van der Waals surface area contributed by atoms with Crippen LogP contribution in [0, 0.1) is 50.7 Å². The number of phenols is 2. The van der Waals surface area contributed by atoms with Crippen LogP contribution >= 0.6 is 0 Å². The molecule has 0 unspecified atom stereocenters. The Bertz CT molecular complexity index is 2550. The van der Waals surface area contributed by atoms with Crippen molar-refractivity contribution in [3.63, 3.8) is 0 Å². The molecule has 16 rings (SSSR count). The standard InChI is InChI=1S/C29H39NO4.C28H37NO4.2CH4.Al.Li.4H/c1-25(2,3)26(4,33)20-14-28-10-9-27(20,16-31)24-29(28)11-12-30(15-17-5-6-17)21(28)13-18-7-8-19(32)23(34-24)22(18)29;1-24(2,3)25(4,31)19-14-26-9-10-28(19,32)23-27(26)11-12-29(15-16-5-6-16)20(26)13-17-7-8-18(30)22(33-23)21(17)27;;;;;;;;/h7-10,17,20-21,24,31-33H,5-6,11-16H2,1-4H3;7-10,16,19-20,23,30-32H,5-6,11-15H2,1-4H3;2*1H4;;;;;;/q;;;;;+1;;;;-1/t20-,21-,24+,26+,27-,28-,29+;19-,20-,23-,25+,26-,27+,28-;;;;;;;;/m11......../s1. The van der Waals surface area contributed by atoms with E-state index in [1.54, 1.807) is 12.1 Å². The van der Waals surface area contributed by atoms with Gasteiger partial charge in [0, 0.05) is 64.4 Å². The molecule has 4 saturated carbocycles. The Morgan fingerprint density at radius 1 is 0.634 bits per heavy atom. The molecule has 2 aromatic carbocycles. The molecule has 4 aliphatic heterocycles. The molecule has 10 aliphatic carbocycles. The first-order valence-corrected chi connectivity index (χ1v) is 26.2. The first-order chi connectivity index (χ1) is 31.5.